The largest absolute Gasteiger partial charge is 0.493 e. The van der Waals surface area contributed by atoms with Crippen LogP contribution in [0.1, 0.15) is 37.5 Å². The Morgan fingerprint density at radius 3 is 3.08 bits per heavy atom. The van der Waals surface area contributed by atoms with E-state index in [0.717, 1.165) is 31.8 Å². The van der Waals surface area contributed by atoms with Gasteiger partial charge in [0.15, 0.2) is 0 Å². The van der Waals surface area contributed by atoms with E-state index in [1.54, 1.807) is 18.3 Å². The number of likely N-dealkylation sites (tertiary alicyclic amines) is 1. The molecular weight excluding hydrogens is 321 g/mol. The normalized spacial score (nSPS) is 17.5. The first-order chi connectivity index (χ1) is 12.1. The highest BCUT2D eigenvalue weighted by molar-refractivity contribution is 5.76. The minimum absolute atomic E-state index is 0.158. The Bertz CT molecular complexity index is 716. The minimum Gasteiger partial charge on any atom is -0.493 e. The van der Waals surface area contributed by atoms with Crippen LogP contribution in [0.3, 0.4) is 0 Å². The molecule has 1 fully saturated rings. The number of benzene rings is 1. The van der Waals surface area contributed by atoms with Gasteiger partial charge in [0.25, 0.3) is 0 Å². The van der Waals surface area contributed by atoms with Gasteiger partial charge in [-0.25, -0.2) is 9.37 Å². The highest BCUT2D eigenvalue weighted by Gasteiger charge is 2.24. The molecule has 1 atom stereocenters. The fourth-order valence-electron chi connectivity index (χ4n) is 3.31. The molecule has 0 bridgehead atoms. The number of imidazole rings is 1. The molecule has 134 valence electrons. The monoisotopic (exact) mass is 345 g/mol. The Balaban J connectivity index is 1.44. The number of hydrogen-bond acceptors (Lipinski definition) is 3. The van der Waals surface area contributed by atoms with E-state index in [1.165, 1.54) is 12.1 Å². The highest BCUT2D eigenvalue weighted by Crippen LogP contribution is 2.23. The first-order valence-corrected chi connectivity index (χ1v) is 8.79. The van der Waals surface area contributed by atoms with Crippen molar-refractivity contribution in [2.45, 2.75) is 38.6 Å². The zero-order valence-corrected chi connectivity index (χ0v) is 14.5. The van der Waals surface area contributed by atoms with Gasteiger partial charge in [0.1, 0.15) is 17.4 Å². The summed E-state index contributed by atoms with van der Waals surface area (Å²) in [7, 11) is 0. The van der Waals surface area contributed by atoms with Crippen molar-refractivity contribution in [3.8, 4) is 5.75 Å². The summed E-state index contributed by atoms with van der Waals surface area (Å²) in [5, 5.41) is 0. The third-order valence-electron chi connectivity index (χ3n) is 4.60. The molecule has 1 aromatic carbocycles. The Hall–Kier alpha value is -2.37. The number of aryl methyl sites for hydroxylation is 1. The summed E-state index contributed by atoms with van der Waals surface area (Å²) in [6, 6.07) is 6.37. The van der Waals surface area contributed by atoms with Crippen LogP contribution < -0.4 is 4.74 Å². The van der Waals surface area contributed by atoms with Crippen LogP contribution in [0.5, 0.6) is 5.75 Å². The third-order valence-corrected chi connectivity index (χ3v) is 4.60. The molecule has 0 spiro atoms. The molecule has 1 aliphatic heterocycles. The number of piperidine rings is 1. The standard InChI is InChI=1S/C19H24FN3O2/c1-15-21-9-11-23(15)17-6-3-10-22(14-17)19(24)8-4-12-25-18-7-2-5-16(20)13-18/h2,5,7,9,11,13,17H,3-4,6,8,10,12,14H2,1H3/t17-/m1/s1. The van der Waals surface area contributed by atoms with Gasteiger partial charge in [-0.15, -0.1) is 0 Å². The number of hydrogen-bond donors (Lipinski definition) is 0. The van der Waals surface area contributed by atoms with Gasteiger partial charge >= 0.3 is 0 Å². The molecule has 1 saturated heterocycles. The molecule has 0 saturated carbocycles. The van der Waals surface area contributed by atoms with Gasteiger partial charge < -0.3 is 14.2 Å². The number of rotatable bonds is 6. The predicted molar refractivity (Wildman–Crippen MR) is 92.9 cm³/mol. The lowest BCUT2D eigenvalue weighted by atomic mass is 10.0. The zero-order valence-electron chi connectivity index (χ0n) is 14.5. The maximum Gasteiger partial charge on any atom is 0.222 e. The fourth-order valence-corrected chi connectivity index (χ4v) is 3.31. The predicted octanol–water partition coefficient (Wildman–Crippen LogP) is 3.35. The van der Waals surface area contributed by atoms with E-state index < -0.39 is 0 Å². The first-order valence-electron chi connectivity index (χ1n) is 8.79. The quantitative estimate of drug-likeness (QED) is 0.754. The number of halogens is 1. The van der Waals surface area contributed by atoms with Crippen LogP contribution in [0.15, 0.2) is 36.7 Å². The lowest BCUT2D eigenvalue weighted by molar-refractivity contribution is -0.133. The third kappa shape index (κ3) is 4.59. The van der Waals surface area contributed by atoms with Gasteiger partial charge in [-0.3, -0.25) is 4.79 Å². The highest BCUT2D eigenvalue weighted by atomic mass is 19.1. The summed E-state index contributed by atoms with van der Waals surface area (Å²) < 4.78 is 20.7. The molecule has 0 N–H and O–H groups in total. The van der Waals surface area contributed by atoms with Gasteiger partial charge in [0.05, 0.1) is 12.6 Å². The van der Waals surface area contributed by atoms with Gasteiger partial charge in [-0.05, 0) is 38.3 Å². The van der Waals surface area contributed by atoms with Crippen LogP contribution >= 0.6 is 0 Å². The lowest BCUT2D eigenvalue weighted by Crippen LogP contribution is -2.40. The van der Waals surface area contributed by atoms with Crippen LogP contribution in [0.4, 0.5) is 4.39 Å². The second-order valence-corrected chi connectivity index (χ2v) is 6.43. The van der Waals surface area contributed by atoms with Gasteiger partial charge in [-0.2, -0.15) is 0 Å². The molecule has 5 nitrogen and oxygen atoms in total. The molecule has 0 aliphatic carbocycles. The van der Waals surface area contributed by atoms with E-state index >= 15 is 0 Å². The lowest BCUT2D eigenvalue weighted by Gasteiger charge is -2.34. The number of ether oxygens (including phenoxy) is 1. The molecule has 0 unspecified atom stereocenters. The number of amides is 1. The Kier molecular flexibility index (Phi) is 5.68. The SMILES string of the molecule is Cc1nccn1[C@@H]1CCCN(C(=O)CCCOc2cccc(F)c2)C1. The average molecular weight is 345 g/mol. The zero-order chi connectivity index (χ0) is 17.6. The summed E-state index contributed by atoms with van der Waals surface area (Å²) in [6.07, 6.45) is 6.95. The maximum atomic E-state index is 13.1. The number of aromatic nitrogens is 2. The van der Waals surface area contributed by atoms with E-state index in [4.69, 9.17) is 4.74 Å². The molecule has 0 radical (unpaired) electrons. The Morgan fingerprint density at radius 1 is 1.44 bits per heavy atom. The summed E-state index contributed by atoms with van der Waals surface area (Å²) in [5.74, 6) is 1.33. The van der Waals surface area contributed by atoms with Crippen LogP contribution in [-0.2, 0) is 4.79 Å². The second kappa shape index (κ2) is 8.14. The molecule has 1 amide bonds. The molecule has 25 heavy (non-hydrogen) atoms. The van der Waals surface area contributed by atoms with Crippen molar-refractivity contribution in [2.24, 2.45) is 0 Å². The van der Waals surface area contributed by atoms with Crippen LogP contribution in [-0.4, -0.2) is 40.1 Å². The van der Waals surface area contributed by atoms with Gasteiger partial charge in [-0.1, -0.05) is 6.07 Å². The Morgan fingerprint density at radius 2 is 2.32 bits per heavy atom. The van der Waals surface area contributed by atoms with E-state index in [1.807, 2.05) is 18.0 Å². The van der Waals surface area contributed by atoms with E-state index in [-0.39, 0.29) is 11.7 Å². The van der Waals surface area contributed by atoms with E-state index in [9.17, 15) is 9.18 Å². The van der Waals surface area contributed by atoms with E-state index in [2.05, 4.69) is 9.55 Å². The molecule has 2 aromatic rings. The summed E-state index contributed by atoms with van der Waals surface area (Å²) in [6.45, 7) is 3.95. The average Bonchev–Trinajstić information content (AvgIpc) is 3.05. The minimum atomic E-state index is -0.317. The van der Waals surface area contributed by atoms with Crippen molar-refractivity contribution in [3.05, 3.63) is 48.3 Å². The molecular formula is C19H24FN3O2. The number of carbonyl (C=O) groups excluding carboxylic acids is 1. The summed E-state index contributed by atoms with van der Waals surface area (Å²) in [4.78, 5) is 18.7. The molecule has 1 aliphatic rings. The van der Waals surface area contributed by atoms with Crippen LogP contribution in [0, 0.1) is 12.7 Å². The van der Waals surface area contributed by atoms with Crippen LogP contribution in [0.25, 0.3) is 0 Å². The smallest absolute Gasteiger partial charge is 0.222 e. The van der Waals surface area contributed by atoms with E-state index in [0.29, 0.717) is 31.2 Å². The molecule has 2 heterocycles. The molecule has 6 heteroatoms. The topological polar surface area (TPSA) is 47.4 Å². The number of carbonyl (C=O) groups is 1. The van der Waals surface area contributed by atoms with Crippen molar-refractivity contribution in [3.63, 3.8) is 0 Å². The van der Waals surface area contributed by atoms with Crippen molar-refractivity contribution in [2.75, 3.05) is 19.7 Å². The maximum absolute atomic E-state index is 13.1. The van der Waals surface area contributed by atoms with Gasteiger partial charge in [0, 0.05) is 38.0 Å². The number of nitrogens with zero attached hydrogens (tertiary/aromatic N) is 3. The second-order valence-electron chi connectivity index (χ2n) is 6.43. The fraction of sp³-hybridized carbons (Fsp3) is 0.474. The van der Waals surface area contributed by atoms with Crippen LogP contribution in [0.2, 0.25) is 0 Å². The summed E-state index contributed by atoms with van der Waals surface area (Å²) >= 11 is 0. The van der Waals surface area contributed by atoms with Gasteiger partial charge in [0.2, 0.25) is 5.91 Å². The Labute approximate surface area is 147 Å². The van der Waals surface area contributed by atoms with Crippen molar-refractivity contribution in [1.29, 1.82) is 0 Å². The first kappa shape index (κ1) is 17.5. The van der Waals surface area contributed by atoms with Crippen molar-refractivity contribution in [1.82, 2.24) is 14.5 Å². The summed E-state index contributed by atoms with van der Waals surface area (Å²) in [5.41, 5.74) is 0. The van der Waals surface area contributed by atoms with Crippen molar-refractivity contribution >= 4 is 5.91 Å². The molecule has 3 rings (SSSR count). The molecule has 1 aromatic heterocycles. The van der Waals surface area contributed by atoms with Crippen molar-refractivity contribution < 1.29 is 13.9 Å².